The van der Waals surface area contributed by atoms with Crippen LogP contribution in [0.1, 0.15) is 32.2 Å². The number of aryl methyl sites for hydroxylation is 1. The molecule has 1 aromatic carbocycles. The van der Waals surface area contributed by atoms with E-state index in [9.17, 15) is 18.0 Å². The smallest absolute Gasteiger partial charge is 0.313 e. The number of carbonyl (C=O) groups excluding carboxylic acids is 1. The number of ketones is 1. The van der Waals surface area contributed by atoms with E-state index in [-0.39, 0.29) is 23.4 Å². The van der Waals surface area contributed by atoms with Crippen molar-refractivity contribution in [2.75, 3.05) is 0 Å². The van der Waals surface area contributed by atoms with Gasteiger partial charge in [-0.2, -0.15) is 13.2 Å². The lowest BCUT2D eigenvalue weighted by Crippen LogP contribution is -2.27. The van der Waals surface area contributed by atoms with Crippen molar-refractivity contribution < 1.29 is 18.0 Å². The monoisotopic (exact) mass is 332 g/mol. The highest BCUT2D eigenvalue weighted by molar-refractivity contribution is 6.32. The average molecular weight is 333 g/mol. The van der Waals surface area contributed by atoms with Crippen molar-refractivity contribution in [2.45, 2.75) is 40.4 Å². The van der Waals surface area contributed by atoms with Crippen molar-refractivity contribution >= 4 is 28.4 Å². The quantitative estimate of drug-likeness (QED) is 0.803. The van der Waals surface area contributed by atoms with E-state index >= 15 is 0 Å². The van der Waals surface area contributed by atoms with E-state index in [1.807, 2.05) is 0 Å². The Morgan fingerprint density at radius 3 is 2.36 bits per heavy atom. The van der Waals surface area contributed by atoms with E-state index in [4.69, 9.17) is 11.6 Å². The number of halogens is 4. The fourth-order valence-corrected chi connectivity index (χ4v) is 2.17. The molecule has 0 atom stereocenters. The van der Waals surface area contributed by atoms with E-state index in [1.54, 1.807) is 27.7 Å². The summed E-state index contributed by atoms with van der Waals surface area (Å²) in [5.74, 6) is -1.38. The molecular formula is C15H16ClF3N2O. The summed E-state index contributed by atoms with van der Waals surface area (Å²) in [6.45, 7) is 6.32. The molecule has 1 aromatic heterocycles. The molecule has 0 bridgehead atoms. The van der Waals surface area contributed by atoms with Crippen LogP contribution in [0.4, 0.5) is 13.2 Å². The van der Waals surface area contributed by atoms with Crippen molar-refractivity contribution in [1.29, 1.82) is 0 Å². The van der Waals surface area contributed by atoms with E-state index in [1.165, 1.54) is 12.1 Å². The third kappa shape index (κ3) is 3.11. The fraction of sp³-hybridized carbons (Fsp3) is 0.467. The third-order valence-corrected chi connectivity index (χ3v) is 3.83. The van der Waals surface area contributed by atoms with Crippen LogP contribution in [-0.2, 0) is 17.5 Å². The summed E-state index contributed by atoms with van der Waals surface area (Å²) in [6, 6.07) is 2.91. The summed E-state index contributed by atoms with van der Waals surface area (Å²) >= 11 is 5.94. The summed E-state index contributed by atoms with van der Waals surface area (Å²) in [4.78, 5) is 15.8. The van der Waals surface area contributed by atoms with Crippen molar-refractivity contribution in [3.63, 3.8) is 0 Å². The number of Topliss-reactive ketones (excluding diaryl/α,β-unsaturated/α-hetero) is 1. The molecule has 2 aromatic rings. The molecule has 0 saturated heterocycles. The van der Waals surface area contributed by atoms with Crippen LogP contribution in [0.3, 0.4) is 0 Å². The first-order valence-electron chi connectivity index (χ1n) is 6.68. The Hall–Kier alpha value is -1.56. The molecule has 7 heteroatoms. The van der Waals surface area contributed by atoms with Crippen LogP contribution in [0.2, 0.25) is 5.02 Å². The average Bonchev–Trinajstić information content (AvgIpc) is 2.67. The second-order valence-electron chi connectivity index (χ2n) is 6.28. The summed E-state index contributed by atoms with van der Waals surface area (Å²) in [5, 5.41) is 0.341. The van der Waals surface area contributed by atoms with Gasteiger partial charge in [-0.15, -0.1) is 0 Å². The first-order chi connectivity index (χ1) is 9.91. The normalized spacial score (nSPS) is 12.9. The van der Waals surface area contributed by atoms with Gasteiger partial charge in [-0.25, -0.2) is 4.98 Å². The van der Waals surface area contributed by atoms with Gasteiger partial charge in [0.25, 0.3) is 0 Å². The Morgan fingerprint density at radius 2 is 1.86 bits per heavy atom. The van der Waals surface area contributed by atoms with E-state index in [2.05, 4.69) is 4.98 Å². The first kappa shape index (κ1) is 16.8. The predicted octanol–water partition coefficient (Wildman–Crippen LogP) is 4.63. The van der Waals surface area contributed by atoms with Gasteiger partial charge in [-0.1, -0.05) is 32.4 Å². The largest absolute Gasteiger partial charge is 0.449 e. The highest BCUT2D eigenvalue weighted by atomic mass is 35.5. The molecule has 0 unspecified atom stereocenters. The molecule has 0 radical (unpaired) electrons. The Labute approximate surface area is 131 Å². The Morgan fingerprint density at radius 1 is 1.27 bits per heavy atom. The number of benzene rings is 1. The van der Waals surface area contributed by atoms with Crippen molar-refractivity contribution in [2.24, 2.45) is 5.41 Å². The molecule has 0 saturated carbocycles. The van der Waals surface area contributed by atoms with Gasteiger partial charge in [-0.3, -0.25) is 4.79 Å². The van der Waals surface area contributed by atoms with Crippen molar-refractivity contribution in [3.05, 3.63) is 28.5 Å². The number of fused-ring (bicyclic) bond motifs is 1. The van der Waals surface area contributed by atoms with Crippen molar-refractivity contribution in [3.8, 4) is 0 Å². The van der Waals surface area contributed by atoms with E-state index in [0.717, 1.165) is 4.57 Å². The zero-order chi connectivity index (χ0) is 16.9. The minimum absolute atomic E-state index is 0.129. The molecule has 0 aliphatic carbocycles. The SMILES string of the molecule is Cc1cc2c(cc1Cl)nc(C(F)(F)F)n2CC(=O)C(C)(C)C. The predicted molar refractivity (Wildman–Crippen MR) is 78.9 cm³/mol. The Kier molecular flexibility index (Phi) is 4.02. The van der Waals surface area contributed by atoms with Gasteiger partial charge >= 0.3 is 6.18 Å². The van der Waals surface area contributed by atoms with Crippen LogP contribution in [0.25, 0.3) is 11.0 Å². The van der Waals surface area contributed by atoms with Crippen LogP contribution in [0, 0.1) is 12.3 Å². The highest BCUT2D eigenvalue weighted by Gasteiger charge is 2.38. The number of carbonyl (C=O) groups is 1. The second-order valence-corrected chi connectivity index (χ2v) is 6.69. The summed E-state index contributed by atoms with van der Waals surface area (Å²) < 4.78 is 40.5. The number of hydrogen-bond donors (Lipinski definition) is 0. The lowest BCUT2D eigenvalue weighted by molar-refractivity contribution is -0.147. The van der Waals surface area contributed by atoms with Crippen LogP contribution in [-0.4, -0.2) is 15.3 Å². The van der Waals surface area contributed by atoms with E-state index < -0.39 is 17.4 Å². The number of rotatable bonds is 2. The number of alkyl halides is 3. The Balaban J connectivity index is 2.68. The lowest BCUT2D eigenvalue weighted by Gasteiger charge is -2.19. The summed E-state index contributed by atoms with van der Waals surface area (Å²) in [6.07, 6.45) is -4.64. The van der Waals surface area contributed by atoms with Crippen molar-refractivity contribution in [1.82, 2.24) is 9.55 Å². The number of nitrogens with zero attached hydrogens (tertiary/aromatic N) is 2. The second kappa shape index (κ2) is 5.26. The topological polar surface area (TPSA) is 34.9 Å². The summed E-state index contributed by atoms with van der Waals surface area (Å²) in [5.41, 5.74) is 0.282. The highest BCUT2D eigenvalue weighted by Crippen LogP contribution is 2.34. The molecule has 0 N–H and O–H groups in total. The molecule has 0 amide bonds. The van der Waals surface area contributed by atoms with Crippen LogP contribution >= 0.6 is 11.6 Å². The number of aromatic nitrogens is 2. The van der Waals surface area contributed by atoms with Gasteiger partial charge < -0.3 is 4.57 Å². The molecule has 3 nitrogen and oxygen atoms in total. The van der Waals surface area contributed by atoms with Gasteiger partial charge in [0.2, 0.25) is 5.82 Å². The standard InChI is InChI=1S/C15H16ClF3N2O/c1-8-5-11-10(6-9(8)16)20-13(15(17,18)19)21(11)7-12(22)14(2,3)4/h5-6H,7H2,1-4H3. The zero-order valence-corrected chi connectivity index (χ0v) is 13.4. The third-order valence-electron chi connectivity index (χ3n) is 3.42. The maximum atomic E-state index is 13.2. The molecule has 2 rings (SSSR count). The number of hydrogen-bond acceptors (Lipinski definition) is 2. The molecule has 1 heterocycles. The lowest BCUT2D eigenvalue weighted by atomic mass is 9.91. The maximum Gasteiger partial charge on any atom is 0.449 e. The molecular weight excluding hydrogens is 317 g/mol. The van der Waals surface area contributed by atoms with Gasteiger partial charge in [0, 0.05) is 10.4 Å². The van der Waals surface area contributed by atoms with Crippen LogP contribution < -0.4 is 0 Å². The number of imidazole rings is 1. The van der Waals surface area contributed by atoms with Crippen LogP contribution in [0.15, 0.2) is 12.1 Å². The molecule has 0 spiro atoms. The van der Waals surface area contributed by atoms with Gasteiger partial charge in [0.05, 0.1) is 17.6 Å². The first-order valence-corrected chi connectivity index (χ1v) is 7.06. The minimum Gasteiger partial charge on any atom is -0.313 e. The molecule has 120 valence electrons. The van der Waals surface area contributed by atoms with Gasteiger partial charge in [-0.05, 0) is 24.6 Å². The van der Waals surface area contributed by atoms with E-state index in [0.29, 0.717) is 10.6 Å². The molecule has 0 aliphatic rings. The molecule has 0 aliphatic heterocycles. The van der Waals surface area contributed by atoms with Gasteiger partial charge in [0.1, 0.15) is 0 Å². The molecule has 22 heavy (non-hydrogen) atoms. The Bertz CT molecular complexity index is 742. The molecule has 0 fully saturated rings. The zero-order valence-electron chi connectivity index (χ0n) is 12.7. The van der Waals surface area contributed by atoms with Crippen LogP contribution in [0.5, 0.6) is 0 Å². The maximum absolute atomic E-state index is 13.2. The van der Waals surface area contributed by atoms with Gasteiger partial charge in [0.15, 0.2) is 5.78 Å². The minimum atomic E-state index is -4.64. The summed E-state index contributed by atoms with van der Waals surface area (Å²) in [7, 11) is 0. The fourth-order valence-electron chi connectivity index (χ4n) is 2.01.